The van der Waals surface area contributed by atoms with E-state index in [9.17, 15) is 13.2 Å². The molecule has 7 nitrogen and oxygen atoms in total. The monoisotopic (exact) mass is 548 g/mol. The van der Waals surface area contributed by atoms with E-state index in [1.54, 1.807) is 31.4 Å². The van der Waals surface area contributed by atoms with Crippen molar-refractivity contribution in [2.45, 2.75) is 32.5 Å². The van der Waals surface area contributed by atoms with Crippen LogP contribution in [0, 0.1) is 0 Å². The Morgan fingerprint density at radius 3 is 2.74 bits per heavy atom. The second kappa shape index (κ2) is 11.2. The minimum absolute atomic E-state index is 0. The molecule has 31 heavy (non-hydrogen) atoms. The third kappa shape index (κ3) is 6.97. The Kier molecular flexibility index (Phi) is 8.89. The van der Waals surface area contributed by atoms with Gasteiger partial charge in [0.1, 0.15) is 5.82 Å². The van der Waals surface area contributed by atoms with Gasteiger partial charge in [-0.25, -0.2) is 4.98 Å². The van der Waals surface area contributed by atoms with Crippen molar-refractivity contribution in [3.63, 3.8) is 0 Å². The molecule has 0 bridgehead atoms. The van der Waals surface area contributed by atoms with E-state index in [-0.39, 0.29) is 30.0 Å². The molecular weight excluding hydrogens is 524 g/mol. The molecule has 0 saturated heterocycles. The van der Waals surface area contributed by atoms with Crippen LogP contribution in [0.15, 0.2) is 52.1 Å². The summed E-state index contributed by atoms with van der Waals surface area (Å²) in [5.74, 6) is 2.22. The quantitative estimate of drug-likeness (QED) is 0.229. The average Bonchev–Trinajstić information content (AvgIpc) is 3.39. The summed E-state index contributed by atoms with van der Waals surface area (Å²) in [6.07, 6.45) is -2.31. The fraction of sp³-hybridized carbons (Fsp3) is 0.350. The number of aliphatic imine (C=N–C) groups is 1. The van der Waals surface area contributed by atoms with Gasteiger partial charge in [0, 0.05) is 19.5 Å². The lowest BCUT2D eigenvalue weighted by Crippen LogP contribution is -2.39. The number of guanidine groups is 1. The van der Waals surface area contributed by atoms with Crippen LogP contribution in [-0.2, 0) is 12.6 Å². The van der Waals surface area contributed by atoms with Gasteiger partial charge in [0.05, 0.1) is 17.9 Å². The average molecular weight is 548 g/mol. The molecular formula is C20H24F3IN6O. The molecule has 0 aliphatic rings. The Bertz CT molecular complexity index is 971. The molecule has 0 fully saturated rings. The summed E-state index contributed by atoms with van der Waals surface area (Å²) in [5.41, 5.74) is -0.151. The number of hydrogen-bond donors (Lipinski definition) is 3. The van der Waals surface area contributed by atoms with E-state index in [1.165, 1.54) is 6.07 Å². The summed E-state index contributed by atoms with van der Waals surface area (Å²) in [4.78, 5) is 8.84. The summed E-state index contributed by atoms with van der Waals surface area (Å²) in [6.45, 7) is 4.73. The zero-order valence-corrected chi connectivity index (χ0v) is 19.4. The molecule has 11 heteroatoms. The van der Waals surface area contributed by atoms with Crippen LogP contribution in [-0.4, -0.2) is 34.2 Å². The molecule has 0 radical (unpaired) electrons. The van der Waals surface area contributed by atoms with E-state index in [2.05, 4.69) is 30.8 Å². The first kappa shape index (κ1) is 24.7. The van der Waals surface area contributed by atoms with Gasteiger partial charge in [0.15, 0.2) is 11.7 Å². The van der Waals surface area contributed by atoms with E-state index < -0.39 is 11.7 Å². The molecule has 168 valence electrons. The van der Waals surface area contributed by atoms with Gasteiger partial charge in [0.25, 0.3) is 0 Å². The van der Waals surface area contributed by atoms with Crippen LogP contribution >= 0.6 is 24.0 Å². The molecule has 1 aromatic carbocycles. The predicted octanol–water partition coefficient (Wildman–Crippen LogP) is 4.56. The first-order valence-electron chi connectivity index (χ1n) is 9.54. The largest absolute Gasteiger partial charge is 0.461 e. The fourth-order valence-electron chi connectivity index (χ4n) is 2.79. The molecule has 3 aromatic rings. The van der Waals surface area contributed by atoms with Gasteiger partial charge < -0.3 is 15.1 Å². The third-order valence-corrected chi connectivity index (χ3v) is 4.30. The predicted molar refractivity (Wildman–Crippen MR) is 122 cm³/mol. The van der Waals surface area contributed by atoms with E-state index in [4.69, 9.17) is 4.42 Å². The van der Waals surface area contributed by atoms with E-state index in [0.717, 1.165) is 12.1 Å². The number of aromatic nitrogens is 3. The Morgan fingerprint density at radius 2 is 2.06 bits per heavy atom. The van der Waals surface area contributed by atoms with Gasteiger partial charge in [-0.05, 0) is 43.7 Å². The van der Waals surface area contributed by atoms with Crippen molar-refractivity contribution in [2.24, 2.45) is 4.99 Å². The summed E-state index contributed by atoms with van der Waals surface area (Å²) >= 11 is 0. The molecule has 0 aliphatic heterocycles. The SMILES string of the molecule is CCNC(=NCCc1nc(-c2ccco2)n[nH]1)NC(C)c1cccc(C(F)(F)F)c1.I. The van der Waals surface area contributed by atoms with Crippen LogP contribution in [0.25, 0.3) is 11.6 Å². The van der Waals surface area contributed by atoms with Crippen LogP contribution in [0.2, 0.25) is 0 Å². The van der Waals surface area contributed by atoms with Crippen LogP contribution in [0.3, 0.4) is 0 Å². The van der Waals surface area contributed by atoms with Crippen LogP contribution in [0.4, 0.5) is 13.2 Å². The van der Waals surface area contributed by atoms with Gasteiger partial charge >= 0.3 is 6.18 Å². The maximum absolute atomic E-state index is 13.0. The number of benzene rings is 1. The minimum atomic E-state index is -4.38. The number of rotatable bonds is 7. The molecule has 2 heterocycles. The van der Waals surface area contributed by atoms with Gasteiger partial charge in [-0.1, -0.05) is 12.1 Å². The number of furan rings is 1. The zero-order chi connectivity index (χ0) is 21.6. The molecule has 0 amide bonds. The number of H-pyrrole nitrogens is 1. The number of aromatic amines is 1. The van der Waals surface area contributed by atoms with Gasteiger partial charge in [-0.15, -0.1) is 24.0 Å². The maximum Gasteiger partial charge on any atom is 0.416 e. The lowest BCUT2D eigenvalue weighted by atomic mass is 10.1. The summed E-state index contributed by atoms with van der Waals surface area (Å²) in [5, 5.41) is 13.2. The highest BCUT2D eigenvalue weighted by Crippen LogP contribution is 2.30. The van der Waals surface area contributed by atoms with Crippen molar-refractivity contribution >= 4 is 29.9 Å². The van der Waals surface area contributed by atoms with Gasteiger partial charge in [-0.2, -0.15) is 18.3 Å². The second-order valence-electron chi connectivity index (χ2n) is 6.58. The zero-order valence-electron chi connectivity index (χ0n) is 17.0. The first-order valence-corrected chi connectivity index (χ1v) is 9.54. The highest BCUT2D eigenvalue weighted by molar-refractivity contribution is 14.0. The number of alkyl halides is 3. The topological polar surface area (TPSA) is 91.1 Å². The van der Waals surface area contributed by atoms with Crippen LogP contribution < -0.4 is 10.6 Å². The molecule has 0 saturated carbocycles. The van der Waals surface area contributed by atoms with Crippen molar-refractivity contribution in [1.29, 1.82) is 0 Å². The van der Waals surface area contributed by atoms with E-state index in [1.807, 2.05) is 6.92 Å². The molecule has 2 aromatic heterocycles. The fourth-order valence-corrected chi connectivity index (χ4v) is 2.79. The van der Waals surface area contributed by atoms with Crippen LogP contribution in [0.1, 0.15) is 36.8 Å². The maximum atomic E-state index is 13.0. The van der Waals surface area contributed by atoms with E-state index in [0.29, 0.717) is 48.4 Å². The third-order valence-electron chi connectivity index (χ3n) is 4.30. The number of hydrogen-bond acceptors (Lipinski definition) is 4. The summed E-state index contributed by atoms with van der Waals surface area (Å²) in [7, 11) is 0. The van der Waals surface area contributed by atoms with Crippen molar-refractivity contribution in [3.8, 4) is 11.6 Å². The van der Waals surface area contributed by atoms with Crippen molar-refractivity contribution in [3.05, 3.63) is 59.6 Å². The lowest BCUT2D eigenvalue weighted by molar-refractivity contribution is -0.137. The van der Waals surface area contributed by atoms with Gasteiger partial charge in [-0.3, -0.25) is 10.1 Å². The Morgan fingerprint density at radius 1 is 1.26 bits per heavy atom. The van der Waals surface area contributed by atoms with Gasteiger partial charge in [0.2, 0.25) is 5.82 Å². The number of nitrogens with one attached hydrogen (secondary N) is 3. The van der Waals surface area contributed by atoms with Crippen molar-refractivity contribution in [2.75, 3.05) is 13.1 Å². The molecule has 0 aliphatic carbocycles. The number of halogens is 4. The highest BCUT2D eigenvalue weighted by Gasteiger charge is 2.30. The Balaban J connectivity index is 0.00000341. The summed E-state index contributed by atoms with van der Waals surface area (Å²) < 4.78 is 44.1. The highest BCUT2D eigenvalue weighted by atomic mass is 127. The Hall–Kier alpha value is -2.57. The minimum Gasteiger partial charge on any atom is -0.461 e. The molecule has 1 atom stereocenters. The van der Waals surface area contributed by atoms with E-state index >= 15 is 0 Å². The standard InChI is InChI=1S/C20H23F3N6O.HI/c1-3-24-19(26-13(2)14-6-4-7-15(12-14)20(21,22)23)25-10-9-17-27-18(29-28-17)16-8-5-11-30-16;/h4-8,11-13H,3,9-10H2,1-2H3,(H2,24,25,26)(H,27,28,29);1H. The van der Waals surface area contributed by atoms with Crippen molar-refractivity contribution < 1.29 is 17.6 Å². The summed E-state index contributed by atoms with van der Waals surface area (Å²) in [6, 6.07) is 8.43. The molecule has 0 spiro atoms. The van der Waals surface area contributed by atoms with Crippen LogP contribution in [0.5, 0.6) is 0 Å². The first-order chi connectivity index (χ1) is 14.4. The smallest absolute Gasteiger partial charge is 0.416 e. The molecule has 1 unspecified atom stereocenters. The Labute approximate surface area is 195 Å². The lowest BCUT2D eigenvalue weighted by Gasteiger charge is -2.19. The molecule has 3 N–H and O–H groups in total. The number of nitrogens with zero attached hydrogens (tertiary/aromatic N) is 3. The molecule has 3 rings (SSSR count). The normalized spacial score (nSPS) is 12.9. The van der Waals surface area contributed by atoms with Crippen molar-refractivity contribution in [1.82, 2.24) is 25.8 Å². The second-order valence-corrected chi connectivity index (χ2v) is 6.58.